The minimum Gasteiger partial charge on any atom is -0.359 e. The van der Waals surface area contributed by atoms with E-state index in [2.05, 4.69) is 10.1 Å². The van der Waals surface area contributed by atoms with Gasteiger partial charge in [-0.05, 0) is 0 Å². The molecule has 0 aliphatic carbocycles. The van der Waals surface area contributed by atoms with Gasteiger partial charge in [-0.25, -0.2) is 4.98 Å². The molecule has 0 aliphatic rings. The maximum Gasteiger partial charge on any atom is 0.146 e. The summed E-state index contributed by atoms with van der Waals surface area (Å²) in [6.45, 7) is 1.63. The summed E-state index contributed by atoms with van der Waals surface area (Å²) in [7, 11) is 1.59. The Morgan fingerprint density at radius 3 is 3.09 bits per heavy atom. The maximum atomic E-state index is 5.05. The first-order valence-corrected chi connectivity index (χ1v) is 3.32. The molecule has 1 aromatic heterocycles. The highest BCUT2D eigenvalue weighted by Crippen LogP contribution is 1.81. The van der Waals surface area contributed by atoms with Crippen LogP contribution in [0.5, 0.6) is 0 Å². The van der Waals surface area contributed by atoms with Crippen molar-refractivity contribution in [1.82, 2.24) is 14.8 Å². The van der Waals surface area contributed by atoms with Crippen LogP contribution in [0.15, 0.2) is 12.7 Å². The van der Waals surface area contributed by atoms with Crippen LogP contribution < -0.4 is 0 Å². The molecular formula is C6H11N3O2. The van der Waals surface area contributed by atoms with Gasteiger partial charge >= 0.3 is 0 Å². The van der Waals surface area contributed by atoms with Crippen LogP contribution in [0, 0.1) is 0 Å². The van der Waals surface area contributed by atoms with Crippen LogP contribution in [-0.4, -0.2) is 35.3 Å². The predicted molar refractivity (Wildman–Crippen MR) is 37.9 cm³/mol. The van der Waals surface area contributed by atoms with Crippen LogP contribution in [0.3, 0.4) is 0 Å². The van der Waals surface area contributed by atoms with Gasteiger partial charge in [-0.2, -0.15) is 5.10 Å². The van der Waals surface area contributed by atoms with Gasteiger partial charge in [0.05, 0.1) is 13.2 Å². The Bertz CT molecular complexity index is 176. The third kappa shape index (κ3) is 3.10. The van der Waals surface area contributed by atoms with Gasteiger partial charge in [0.25, 0.3) is 0 Å². The molecule has 0 aliphatic heterocycles. The first kappa shape index (κ1) is 8.16. The molecule has 0 unspecified atom stereocenters. The third-order valence-corrected chi connectivity index (χ3v) is 1.13. The summed E-state index contributed by atoms with van der Waals surface area (Å²) in [6, 6.07) is 0. The van der Waals surface area contributed by atoms with Crippen LogP contribution in [0.4, 0.5) is 0 Å². The molecule has 0 saturated heterocycles. The maximum absolute atomic E-state index is 5.05. The first-order valence-electron chi connectivity index (χ1n) is 3.32. The second-order valence-electron chi connectivity index (χ2n) is 1.97. The van der Waals surface area contributed by atoms with Crippen molar-refractivity contribution in [2.75, 3.05) is 20.5 Å². The Labute approximate surface area is 64.9 Å². The number of aromatic nitrogens is 3. The molecule has 1 heterocycles. The molecule has 0 aromatic carbocycles. The lowest BCUT2D eigenvalue weighted by molar-refractivity contribution is -0.0336. The van der Waals surface area contributed by atoms with Crippen LogP contribution in [0.25, 0.3) is 0 Å². The number of methoxy groups -OCH3 is 1. The summed E-state index contributed by atoms with van der Waals surface area (Å²) < 4.78 is 11.4. The van der Waals surface area contributed by atoms with E-state index in [1.165, 1.54) is 6.33 Å². The minimum absolute atomic E-state index is 0.328. The van der Waals surface area contributed by atoms with Crippen LogP contribution in [-0.2, 0) is 16.0 Å². The fourth-order valence-electron chi connectivity index (χ4n) is 0.649. The minimum atomic E-state index is 0.328. The monoisotopic (exact) mass is 157 g/mol. The number of hydrogen-bond donors (Lipinski definition) is 0. The van der Waals surface area contributed by atoms with Gasteiger partial charge in [-0.15, -0.1) is 0 Å². The first-order chi connectivity index (χ1) is 5.43. The van der Waals surface area contributed by atoms with E-state index in [-0.39, 0.29) is 0 Å². The molecule has 11 heavy (non-hydrogen) atoms. The number of nitrogens with zero attached hydrogens (tertiary/aromatic N) is 3. The Hall–Kier alpha value is -0.940. The average molecular weight is 157 g/mol. The van der Waals surface area contributed by atoms with Crippen LogP contribution in [0.1, 0.15) is 0 Å². The summed E-state index contributed by atoms with van der Waals surface area (Å²) in [6.07, 6.45) is 3.15. The second-order valence-corrected chi connectivity index (χ2v) is 1.97. The van der Waals surface area contributed by atoms with E-state index >= 15 is 0 Å². The molecule has 5 heteroatoms. The molecule has 1 aromatic rings. The number of ether oxygens (including phenoxy) is 2. The fourth-order valence-corrected chi connectivity index (χ4v) is 0.649. The molecule has 0 saturated carbocycles. The van der Waals surface area contributed by atoms with E-state index in [0.29, 0.717) is 19.9 Å². The molecule has 0 bridgehead atoms. The lowest BCUT2D eigenvalue weighted by atomic mass is 10.7. The van der Waals surface area contributed by atoms with Gasteiger partial charge in [0.2, 0.25) is 0 Å². The van der Waals surface area contributed by atoms with Crippen molar-refractivity contribution in [1.29, 1.82) is 0 Å². The smallest absolute Gasteiger partial charge is 0.146 e. The van der Waals surface area contributed by atoms with Gasteiger partial charge in [-0.1, -0.05) is 0 Å². The Balaban J connectivity index is 2.04. The molecule has 0 atom stereocenters. The van der Waals surface area contributed by atoms with Gasteiger partial charge in [-0.3, -0.25) is 4.68 Å². The highest BCUT2D eigenvalue weighted by molar-refractivity contribution is 4.54. The number of rotatable bonds is 5. The molecule has 0 N–H and O–H groups in total. The summed E-state index contributed by atoms with van der Waals surface area (Å²) in [5.41, 5.74) is 0. The van der Waals surface area contributed by atoms with Gasteiger partial charge in [0, 0.05) is 7.11 Å². The van der Waals surface area contributed by atoms with Gasteiger partial charge in [0.1, 0.15) is 19.4 Å². The standard InChI is InChI=1S/C6H11N3O2/c1-10-6-11-3-2-9-5-7-4-8-9/h4-5H,2-3,6H2,1H3. The summed E-state index contributed by atoms with van der Waals surface area (Å²) in [4.78, 5) is 3.79. The molecule has 5 nitrogen and oxygen atoms in total. The van der Waals surface area contributed by atoms with E-state index in [4.69, 9.17) is 9.47 Å². The molecule has 0 radical (unpaired) electrons. The van der Waals surface area contributed by atoms with Crippen LogP contribution in [0.2, 0.25) is 0 Å². The summed E-state index contributed by atoms with van der Waals surface area (Å²) in [5.74, 6) is 0. The summed E-state index contributed by atoms with van der Waals surface area (Å²) >= 11 is 0. The van der Waals surface area contributed by atoms with E-state index in [9.17, 15) is 0 Å². The molecule has 0 fully saturated rings. The zero-order chi connectivity index (χ0) is 7.94. The fraction of sp³-hybridized carbons (Fsp3) is 0.667. The van der Waals surface area contributed by atoms with E-state index in [0.717, 1.165) is 0 Å². The molecule has 0 amide bonds. The van der Waals surface area contributed by atoms with E-state index in [1.54, 1.807) is 18.1 Å². The molecule has 62 valence electrons. The highest BCUT2D eigenvalue weighted by atomic mass is 16.7. The quantitative estimate of drug-likeness (QED) is 0.442. The van der Waals surface area contributed by atoms with Crippen LogP contribution >= 0.6 is 0 Å². The van der Waals surface area contributed by atoms with Gasteiger partial charge < -0.3 is 9.47 Å². The highest BCUT2D eigenvalue weighted by Gasteiger charge is 1.89. The van der Waals surface area contributed by atoms with Crippen molar-refractivity contribution in [3.63, 3.8) is 0 Å². The van der Waals surface area contributed by atoms with Crippen molar-refractivity contribution in [3.05, 3.63) is 12.7 Å². The zero-order valence-corrected chi connectivity index (χ0v) is 6.43. The third-order valence-electron chi connectivity index (χ3n) is 1.13. The van der Waals surface area contributed by atoms with Crippen molar-refractivity contribution < 1.29 is 9.47 Å². The molecule has 1 rings (SSSR count). The average Bonchev–Trinajstić information content (AvgIpc) is 2.50. The van der Waals surface area contributed by atoms with Gasteiger partial charge in [0.15, 0.2) is 0 Å². The Kier molecular flexibility index (Phi) is 3.57. The van der Waals surface area contributed by atoms with E-state index in [1.807, 2.05) is 0 Å². The van der Waals surface area contributed by atoms with E-state index < -0.39 is 0 Å². The molecular weight excluding hydrogens is 146 g/mol. The predicted octanol–water partition coefficient (Wildman–Crippen LogP) is -0.101. The number of hydrogen-bond acceptors (Lipinski definition) is 4. The Morgan fingerprint density at radius 2 is 2.45 bits per heavy atom. The zero-order valence-electron chi connectivity index (χ0n) is 6.43. The normalized spacial score (nSPS) is 10.3. The molecule has 0 spiro atoms. The van der Waals surface area contributed by atoms with Crippen molar-refractivity contribution in [2.24, 2.45) is 0 Å². The lowest BCUT2D eigenvalue weighted by Crippen LogP contribution is -2.07. The largest absolute Gasteiger partial charge is 0.359 e. The second kappa shape index (κ2) is 4.81. The summed E-state index contributed by atoms with van der Waals surface area (Å²) in [5, 5.41) is 3.90. The van der Waals surface area contributed by atoms with Crippen molar-refractivity contribution in [2.45, 2.75) is 6.54 Å². The van der Waals surface area contributed by atoms with Crippen molar-refractivity contribution >= 4 is 0 Å². The topological polar surface area (TPSA) is 49.2 Å². The lowest BCUT2D eigenvalue weighted by Gasteiger charge is -2.01. The van der Waals surface area contributed by atoms with Crippen molar-refractivity contribution in [3.8, 4) is 0 Å². The Morgan fingerprint density at radius 1 is 1.55 bits per heavy atom. The SMILES string of the molecule is COCOCCn1cncn1.